The maximum Gasteiger partial charge on any atom is 0.348 e. The average Bonchev–Trinajstić information content (AvgIpc) is 2.46. The summed E-state index contributed by atoms with van der Waals surface area (Å²) in [5.41, 5.74) is 0.754. The SMILES string of the molecule is CCCCOc1ccc(/C=C(/C#N)C(=O)OCC)cc1. The van der Waals surface area contributed by atoms with Crippen molar-refractivity contribution in [2.45, 2.75) is 26.7 Å². The van der Waals surface area contributed by atoms with E-state index in [0.29, 0.717) is 6.61 Å². The zero-order valence-electron chi connectivity index (χ0n) is 11.9. The third kappa shape index (κ3) is 5.15. The molecule has 20 heavy (non-hydrogen) atoms. The molecule has 106 valence electrons. The van der Waals surface area contributed by atoms with Crippen LogP contribution in [0.2, 0.25) is 0 Å². The van der Waals surface area contributed by atoms with Crippen LogP contribution in [0.4, 0.5) is 0 Å². The van der Waals surface area contributed by atoms with Gasteiger partial charge in [-0.1, -0.05) is 25.5 Å². The van der Waals surface area contributed by atoms with Crippen molar-refractivity contribution < 1.29 is 14.3 Å². The molecule has 1 aromatic rings. The molecule has 0 aromatic heterocycles. The maximum atomic E-state index is 11.5. The zero-order chi connectivity index (χ0) is 14.8. The Morgan fingerprint density at radius 3 is 2.55 bits per heavy atom. The molecule has 0 unspecified atom stereocenters. The molecular formula is C16H19NO3. The van der Waals surface area contributed by atoms with Crippen molar-refractivity contribution in [3.05, 3.63) is 35.4 Å². The average molecular weight is 273 g/mol. The van der Waals surface area contributed by atoms with E-state index in [2.05, 4.69) is 6.92 Å². The van der Waals surface area contributed by atoms with E-state index >= 15 is 0 Å². The molecular weight excluding hydrogens is 254 g/mol. The lowest BCUT2D eigenvalue weighted by Gasteiger charge is -2.05. The van der Waals surface area contributed by atoms with Gasteiger partial charge in [0.15, 0.2) is 0 Å². The molecule has 0 amide bonds. The number of unbranched alkanes of at least 4 members (excludes halogenated alkanes) is 1. The van der Waals surface area contributed by atoms with Gasteiger partial charge in [-0.05, 0) is 37.1 Å². The van der Waals surface area contributed by atoms with Crippen molar-refractivity contribution >= 4 is 12.0 Å². The molecule has 0 radical (unpaired) electrons. The summed E-state index contributed by atoms with van der Waals surface area (Å²) in [5.74, 6) is 0.184. The van der Waals surface area contributed by atoms with Crippen LogP contribution in [0.25, 0.3) is 6.08 Å². The Hall–Kier alpha value is -2.28. The lowest BCUT2D eigenvalue weighted by Crippen LogP contribution is -2.05. The van der Waals surface area contributed by atoms with Gasteiger partial charge in [-0.3, -0.25) is 0 Å². The van der Waals surface area contributed by atoms with Gasteiger partial charge in [0.05, 0.1) is 13.2 Å². The van der Waals surface area contributed by atoms with Gasteiger partial charge in [0.1, 0.15) is 17.4 Å². The highest BCUT2D eigenvalue weighted by molar-refractivity contribution is 5.97. The Labute approximate surface area is 119 Å². The molecule has 0 N–H and O–H groups in total. The number of rotatable bonds is 7. The molecule has 4 heteroatoms. The van der Waals surface area contributed by atoms with Crippen LogP contribution in [0, 0.1) is 11.3 Å². The van der Waals surface area contributed by atoms with E-state index < -0.39 is 5.97 Å². The lowest BCUT2D eigenvalue weighted by molar-refractivity contribution is -0.137. The standard InChI is InChI=1S/C16H19NO3/c1-3-5-10-20-15-8-6-13(7-9-15)11-14(12-17)16(18)19-4-2/h6-9,11H,3-5,10H2,1-2H3/b14-11-. The fourth-order valence-corrected chi connectivity index (χ4v) is 1.51. The number of nitriles is 1. The van der Waals surface area contributed by atoms with Crippen molar-refractivity contribution in [3.8, 4) is 11.8 Å². The summed E-state index contributed by atoms with van der Waals surface area (Å²) in [6.07, 6.45) is 3.61. The molecule has 0 aliphatic rings. The first kappa shape index (κ1) is 15.8. The predicted octanol–water partition coefficient (Wildman–Crippen LogP) is 3.34. The molecule has 1 rings (SSSR count). The number of benzene rings is 1. The monoisotopic (exact) mass is 273 g/mol. The van der Waals surface area contributed by atoms with Gasteiger partial charge in [-0.25, -0.2) is 4.79 Å². The van der Waals surface area contributed by atoms with Gasteiger partial charge in [-0.2, -0.15) is 5.26 Å². The number of nitrogens with zero attached hydrogens (tertiary/aromatic N) is 1. The van der Waals surface area contributed by atoms with E-state index in [1.165, 1.54) is 6.08 Å². The third-order valence-corrected chi connectivity index (χ3v) is 2.57. The highest BCUT2D eigenvalue weighted by atomic mass is 16.5. The summed E-state index contributed by atoms with van der Waals surface area (Å²) < 4.78 is 10.3. The Kier molecular flexibility index (Phi) is 6.91. The van der Waals surface area contributed by atoms with Crippen molar-refractivity contribution in [2.24, 2.45) is 0 Å². The first-order valence-electron chi connectivity index (χ1n) is 6.73. The van der Waals surface area contributed by atoms with Crippen LogP contribution < -0.4 is 4.74 Å². The summed E-state index contributed by atoms with van der Waals surface area (Å²) in [4.78, 5) is 11.5. The Balaban J connectivity index is 2.72. The van der Waals surface area contributed by atoms with Gasteiger partial charge in [0.2, 0.25) is 0 Å². The Morgan fingerprint density at radius 2 is 2.00 bits per heavy atom. The second-order valence-electron chi connectivity index (χ2n) is 4.16. The van der Waals surface area contributed by atoms with Crippen molar-refractivity contribution in [3.63, 3.8) is 0 Å². The van der Waals surface area contributed by atoms with Crippen molar-refractivity contribution in [1.82, 2.24) is 0 Å². The van der Waals surface area contributed by atoms with Crippen LogP contribution in [0.5, 0.6) is 5.75 Å². The number of hydrogen-bond acceptors (Lipinski definition) is 4. The molecule has 0 saturated heterocycles. The van der Waals surface area contributed by atoms with Gasteiger partial charge in [0.25, 0.3) is 0 Å². The van der Waals surface area contributed by atoms with E-state index in [-0.39, 0.29) is 12.2 Å². The number of carbonyl (C=O) groups excluding carboxylic acids is 1. The van der Waals surface area contributed by atoms with Crippen molar-refractivity contribution in [2.75, 3.05) is 13.2 Å². The first-order valence-corrected chi connectivity index (χ1v) is 6.73. The van der Waals surface area contributed by atoms with E-state index in [9.17, 15) is 4.79 Å². The number of esters is 1. The van der Waals surface area contributed by atoms with Crippen LogP contribution in [-0.4, -0.2) is 19.2 Å². The zero-order valence-corrected chi connectivity index (χ0v) is 11.9. The minimum Gasteiger partial charge on any atom is -0.494 e. The smallest absolute Gasteiger partial charge is 0.348 e. The first-order chi connectivity index (χ1) is 9.71. The molecule has 0 bridgehead atoms. The minimum atomic E-state index is -0.599. The summed E-state index contributed by atoms with van der Waals surface area (Å²) in [5, 5.41) is 8.94. The fourth-order valence-electron chi connectivity index (χ4n) is 1.51. The van der Waals surface area contributed by atoms with Gasteiger partial charge >= 0.3 is 5.97 Å². The molecule has 0 fully saturated rings. The summed E-state index contributed by atoms with van der Waals surface area (Å²) in [6.45, 7) is 4.76. The summed E-state index contributed by atoms with van der Waals surface area (Å²) >= 11 is 0. The van der Waals surface area contributed by atoms with Crippen LogP contribution in [0.15, 0.2) is 29.8 Å². The van der Waals surface area contributed by atoms with E-state index in [1.807, 2.05) is 18.2 Å². The second-order valence-corrected chi connectivity index (χ2v) is 4.16. The quantitative estimate of drug-likeness (QED) is 0.331. The van der Waals surface area contributed by atoms with Gasteiger partial charge in [0, 0.05) is 0 Å². The van der Waals surface area contributed by atoms with E-state index in [0.717, 1.165) is 24.2 Å². The third-order valence-electron chi connectivity index (χ3n) is 2.57. The molecule has 0 aliphatic carbocycles. The second kappa shape index (κ2) is 8.76. The van der Waals surface area contributed by atoms with Crippen LogP contribution in [0.3, 0.4) is 0 Å². The molecule has 0 heterocycles. The topological polar surface area (TPSA) is 59.3 Å². The van der Waals surface area contributed by atoms with Crippen molar-refractivity contribution in [1.29, 1.82) is 5.26 Å². The molecule has 0 aliphatic heterocycles. The highest BCUT2D eigenvalue weighted by Gasteiger charge is 2.09. The largest absolute Gasteiger partial charge is 0.494 e. The maximum absolute atomic E-state index is 11.5. The number of ether oxygens (including phenoxy) is 2. The van der Waals surface area contributed by atoms with Gasteiger partial charge < -0.3 is 9.47 Å². The Bertz CT molecular complexity index is 497. The minimum absolute atomic E-state index is 0.00787. The molecule has 4 nitrogen and oxygen atoms in total. The van der Waals surface area contributed by atoms with Crippen LogP contribution in [-0.2, 0) is 9.53 Å². The Morgan fingerprint density at radius 1 is 1.30 bits per heavy atom. The molecule has 0 spiro atoms. The number of hydrogen-bond donors (Lipinski definition) is 0. The highest BCUT2D eigenvalue weighted by Crippen LogP contribution is 2.15. The van der Waals surface area contributed by atoms with Crippen LogP contribution in [0.1, 0.15) is 32.3 Å². The summed E-state index contributed by atoms with van der Waals surface area (Å²) in [7, 11) is 0. The predicted molar refractivity (Wildman–Crippen MR) is 77.1 cm³/mol. The number of carbonyl (C=O) groups is 1. The summed E-state index contributed by atoms with van der Waals surface area (Å²) in [6, 6.07) is 9.10. The lowest BCUT2D eigenvalue weighted by atomic mass is 10.1. The molecule has 1 aromatic carbocycles. The van der Waals surface area contributed by atoms with E-state index in [1.54, 1.807) is 19.1 Å². The van der Waals surface area contributed by atoms with E-state index in [4.69, 9.17) is 14.7 Å². The molecule has 0 saturated carbocycles. The van der Waals surface area contributed by atoms with Gasteiger partial charge in [-0.15, -0.1) is 0 Å². The molecule has 0 atom stereocenters. The van der Waals surface area contributed by atoms with Crippen LogP contribution >= 0.6 is 0 Å². The normalized spacial score (nSPS) is 10.8. The fraction of sp³-hybridized carbons (Fsp3) is 0.375.